The van der Waals surface area contributed by atoms with Crippen LogP contribution in [0.2, 0.25) is 0 Å². The Kier molecular flexibility index (Phi) is 4.90. The van der Waals surface area contributed by atoms with Crippen LogP contribution in [0.4, 0.5) is 15.2 Å². The van der Waals surface area contributed by atoms with E-state index in [4.69, 9.17) is 4.74 Å². The van der Waals surface area contributed by atoms with Gasteiger partial charge in [-0.25, -0.2) is 14.2 Å². The maximum Gasteiger partial charge on any atom is 0.358 e. The second kappa shape index (κ2) is 6.67. The van der Waals surface area contributed by atoms with E-state index in [2.05, 4.69) is 4.98 Å². The van der Waals surface area contributed by atoms with Gasteiger partial charge in [0.15, 0.2) is 10.8 Å². The molecular formula is C15H17FN2O2S. The Balaban J connectivity index is 2.35. The highest BCUT2D eigenvalue weighted by Gasteiger charge is 2.20. The van der Waals surface area contributed by atoms with Crippen LogP contribution < -0.4 is 4.90 Å². The summed E-state index contributed by atoms with van der Waals surface area (Å²) < 4.78 is 18.4. The van der Waals surface area contributed by atoms with Gasteiger partial charge >= 0.3 is 5.97 Å². The quantitative estimate of drug-likeness (QED) is 0.785. The van der Waals surface area contributed by atoms with Gasteiger partial charge in [0.2, 0.25) is 0 Å². The lowest BCUT2D eigenvalue weighted by molar-refractivity contribution is 0.0519. The van der Waals surface area contributed by atoms with Crippen LogP contribution in [0.15, 0.2) is 24.3 Å². The van der Waals surface area contributed by atoms with E-state index in [9.17, 15) is 9.18 Å². The summed E-state index contributed by atoms with van der Waals surface area (Å²) in [5.41, 5.74) is 1.04. The molecule has 2 aromatic rings. The summed E-state index contributed by atoms with van der Waals surface area (Å²) in [5.74, 6) is -0.724. The van der Waals surface area contributed by atoms with Crippen LogP contribution in [-0.4, -0.2) is 24.1 Å². The fraction of sp³-hybridized carbons (Fsp3) is 0.333. The molecule has 0 unspecified atom stereocenters. The van der Waals surface area contributed by atoms with E-state index >= 15 is 0 Å². The number of aryl methyl sites for hydroxylation is 1. The number of thiazole rings is 1. The molecule has 0 amide bonds. The van der Waals surface area contributed by atoms with Crippen LogP contribution >= 0.6 is 11.3 Å². The zero-order valence-electron chi connectivity index (χ0n) is 12.2. The lowest BCUT2D eigenvalue weighted by atomic mass is 10.3. The van der Waals surface area contributed by atoms with Crippen molar-refractivity contribution in [1.82, 2.24) is 4.98 Å². The van der Waals surface area contributed by atoms with Crippen molar-refractivity contribution in [3.63, 3.8) is 0 Å². The molecule has 0 aliphatic heterocycles. The highest BCUT2D eigenvalue weighted by atomic mass is 32.1. The molecule has 0 N–H and O–H groups in total. The third kappa shape index (κ3) is 3.39. The van der Waals surface area contributed by atoms with Gasteiger partial charge in [-0.2, -0.15) is 0 Å². The van der Waals surface area contributed by atoms with Gasteiger partial charge in [0, 0.05) is 17.1 Å². The number of rotatable bonds is 5. The first kappa shape index (κ1) is 15.4. The van der Waals surface area contributed by atoms with E-state index in [0.717, 1.165) is 4.88 Å². The van der Waals surface area contributed by atoms with Crippen molar-refractivity contribution in [2.75, 3.05) is 18.1 Å². The minimum Gasteiger partial charge on any atom is -0.461 e. The third-order valence-corrected chi connectivity index (χ3v) is 3.91. The SMILES string of the molecule is CCOC(=O)c1nc(N(CC)c2cccc(F)c2)sc1C. The Bertz CT molecular complexity index is 642. The standard InChI is InChI=1S/C15H17FN2O2S/c1-4-18(12-8-6-7-11(16)9-12)15-17-13(10(3)21-15)14(19)20-5-2/h6-9H,4-5H2,1-3H3. The molecule has 4 nitrogen and oxygen atoms in total. The first-order valence-corrected chi connectivity index (χ1v) is 7.56. The third-order valence-electron chi connectivity index (χ3n) is 2.92. The summed E-state index contributed by atoms with van der Waals surface area (Å²) in [5, 5.41) is 0.656. The molecule has 0 aliphatic rings. The predicted octanol–water partition coefficient (Wildman–Crippen LogP) is 3.93. The second-order valence-electron chi connectivity index (χ2n) is 4.35. The number of benzene rings is 1. The summed E-state index contributed by atoms with van der Waals surface area (Å²) >= 11 is 1.39. The number of halogens is 1. The van der Waals surface area contributed by atoms with Crippen molar-refractivity contribution < 1.29 is 13.9 Å². The Labute approximate surface area is 127 Å². The molecule has 0 spiro atoms. The number of esters is 1. The van der Waals surface area contributed by atoms with E-state index in [1.165, 1.54) is 23.5 Å². The van der Waals surface area contributed by atoms with Crippen LogP contribution in [0.1, 0.15) is 29.2 Å². The minimum absolute atomic E-state index is 0.301. The molecule has 0 bridgehead atoms. The molecule has 0 atom stereocenters. The lowest BCUT2D eigenvalue weighted by Gasteiger charge is -2.19. The maximum atomic E-state index is 13.4. The molecule has 2 rings (SSSR count). The molecule has 1 heterocycles. The molecule has 0 aliphatic carbocycles. The first-order chi connectivity index (χ1) is 10.1. The van der Waals surface area contributed by atoms with Crippen molar-refractivity contribution >= 4 is 28.1 Å². The normalized spacial score (nSPS) is 10.5. The Hall–Kier alpha value is -1.95. The number of hydrogen-bond acceptors (Lipinski definition) is 5. The zero-order valence-corrected chi connectivity index (χ0v) is 13.0. The second-order valence-corrected chi connectivity index (χ2v) is 5.53. The largest absolute Gasteiger partial charge is 0.461 e. The van der Waals surface area contributed by atoms with Crippen molar-refractivity contribution in [1.29, 1.82) is 0 Å². The van der Waals surface area contributed by atoms with Gasteiger partial charge in [-0.3, -0.25) is 0 Å². The molecule has 21 heavy (non-hydrogen) atoms. The number of nitrogens with zero attached hydrogens (tertiary/aromatic N) is 2. The molecule has 0 radical (unpaired) electrons. The van der Waals surface area contributed by atoms with Crippen molar-refractivity contribution in [2.24, 2.45) is 0 Å². The van der Waals surface area contributed by atoms with E-state index in [1.54, 1.807) is 13.0 Å². The van der Waals surface area contributed by atoms with E-state index < -0.39 is 5.97 Å². The van der Waals surface area contributed by atoms with Gasteiger partial charge in [-0.05, 0) is 39.0 Å². The first-order valence-electron chi connectivity index (χ1n) is 6.74. The predicted molar refractivity (Wildman–Crippen MR) is 81.9 cm³/mol. The van der Waals surface area contributed by atoms with Crippen molar-refractivity contribution in [3.8, 4) is 0 Å². The minimum atomic E-state index is -0.423. The summed E-state index contributed by atoms with van der Waals surface area (Å²) in [4.78, 5) is 18.8. The summed E-state index contributed by atoms with van der Waals surface area (Å²) in [6.45, 7) is 6.47. The highest BCUT2D eigenvalue weighted by Crippen LogP contribution is 2.31. The molecule has 0 fully saturated rings. The van der Waals surface area contributed by atoms with Gasteiger partial charge in [0.25, 0.3) is 0 Å². The molecular weight excluding hydrogens is 291 g/mol. The Morgan fingerprint density at radius 2 is 2.19 bits per heavy atom. The molecule has 0 saturated heterocycles. The van der Waals surface area contributed by atoms with Crippen molar-refractivity contribution in [3.05, 3.63) is 40.7 Å². The van der Waals surface area contributed by atoms with Gasteiger partial charge < -0.3 is 9.64 Å². The molecule has 1 aromatic heterocycles. The number of hydrogen-bond donors (Lipinski definition) is 0. The maximum absolute atomic E-state index is 13.4. The van der Waals surface area contributed by atoms with Gasteiger partial charge in [-0.1, -0.05) is 6.07 Å². The molecule has 6 heteroatoms. The number of carbonyl (C=O) groups is 1. The Morgan fingerprint density at radius 1 is 1.43 bits per heavy atom. The smallest absolute Gasteiger partial charge is 0.358 e. The van der Waals surface area contributed by atoms with Gasteiger partial charge in [0.1, 0.15) is 5.82 Å². The summed E-state index contributed by atoms with van der Waals surface area (Å²) in [6, 6.07) is 6.31. The van der Waals surface area contributed by atoms with Gasteiger partial charge in [0.05, 0.1) is 6.61 Å². The molecule has 112 valence electrons. The average Bonchev–Trinajstić information content (AvgIpc) is 2.82. The van der Waals surface area contributed by atoms with E-state index in [1.807, 2.05) is 24.8 Å². The number of anilines is 2. The van der Waals surface area contributed by atoms with Gasteiger partial charge in [-0.15, -0.1) is 11.3 Å². The number of ether oxygens (including phenoxy) is 1. The molecule has 1 aromatic carbocycles. The van der Waals surface area contributed by atoms with Crippen LogP contribution in [0, 0.1) is 12.7 Å². The van der Waals surface area contributed by atoms with Crippen LogP contribution in [0.25, 0.3) is 0 Å². The van der Waals surface area contributed by atoms with E-state index in [-0.39, 0.29) is 5.82 Å². The fourth-order valence-electron chi connectivity index (χ4n) is 1.96. The monoisotopic (exact) mass is 308 g/mol. The van der Waals surface area contributed by atoms with Crippen molar-refractivity contribution in [2.45, 2.75) is 20.8 Å². The van der Waals surface area contributed by atoms with Crippen LogP contribution in [-0.2, 0) is 4.74 Å². The summed E-state index contributed by atoms with van der Waals surface area (Å²) in [6.07, 6.45) is 0. The van der Waals surface area contributed by atoms with Crippen LogP contribution in [0.5, 0.6) is 0 Å². The molecule has 0 saturated carbocycles. The highest BCUT2D eigenvalue weighted by molar-refractivity contribution is 7.15. The average molecular weight is 308 g/mol. The fourth-order valence-corrected chi connectivity index (χ4v) is 2.94. The van der Waals surface area contributed by atoms with E-state index in [0.29, 0.717) is 29.7 Å². The number of carbonyl (C=O) groups excluding carboxylic acids is 1. The lowest BCUT2D eigenvalue weighted by Crippen LogP contribution is -2.16. The zero-order chi connectivity index (χ0) is 15.4. The Morgan fingerprint density at radius 3 is 2.81 bits per heavy atom. The number of aromatic nitrogens is 1. The topological polar surface area (TPSA) is 42.4 Å². The van der Waals surface area contributed by atoms with Crippen LogP contribution in [0.3, 0.4) is 0 Å². The summed E-state index contributed by atoms with van der Waals surface area (Å²) in [7, 11) is 0.